The first kappa shape index (κ1) is 20.8. The van der Waals surface area contributed by atoms with Crippen LogP contribution in [0.5, 0.6) is 0 Å². The maximum absolute atomic E-state index is 12.4. The third-order valence-corrected chi connectivity index (χ3v) is 5.37. The molecule has 0 bridgehead atoms. The zero-order valence-corrected chi connectivity index (χ0v) is 17.7. The Labute approximate surface area is 184 Å². The molecule has 3 aromatic carbocycles. The number of amides is 1. The molecule has 1 aromatic heterocycles. The molecule has 0 aliphatic rings. The van der Waals surface area contributed by atoms with Gasteiger partial charge >= 0.3 is 5.76 Å². The molecule has 0 aliphatic carbocycles. The molecule has 6 nitrogen and oxygen atoms in total. The first-order chi connectivity index (χ1) is 15.0. The largest absolute Gasteiger partial charge is 0.419 e. The molecule has 1 atom stereocenters. The van der Waals surface area contributed by atoms with Gasteiger partial charge in [0.2, 0.25) is 5.91 Å². The van der Waals surface area contributed by atoms with Crippen LogP contribution in [0.25, 0.3) is 11.1 Å². The summed E-state index contributed by atoms with van der Waals surface area (Å²) >= 11 is 6.42. The number of para-hydroxylation sites is 2. The number of benzene rings is 3. The molecule has 0 spiro atoms. The molecular weight excluding hydrogens is 414 g/mol. The highest BCUT2D eigenvalue weighted by molar-refractivity contribution is 6.33. The highest BCUT2D eigenvalue weighted by Crippen LogP contribution is 2.29. The summed E-state index contributed by atoms with van der Waals surface area (Å²) in [5.41, 5.74) is 3.71. The first-order valence-corrected chi connectivity index (χ1v) is 10.4. The van der Waals surface area contributed by atoms with Crippen LogP contribution in [0.15, 0.2) is 82.0 Å². The lowest BCUT2D eigenvalue weighted by Crippen LogP contribution is -2.19. The summed E-state index contributed by atoms with van der Waals surface area (Å²) in [5, 5.41) is 6.72. The molecule has 31 heavy (non-hydrogen) atoms. The van der Waals surface area contributed by atoms with Gasteiger partial charge in [-0.25, -0.2) is 4.79 Å². The van der Waals surface area contributed by atoms with E-state index in [-0.39, 0.29) is 24.9 Å². The lowest BCUT2D eigenvalue weighted by atomic mass is 10.1. The number of carbonyl (C=O) groups is 1. The number of aryl methyl sites for hydroxylation is 1. The van der Waals surface area contributed by atoms with E-state index in [9.17, 15) is 9.59 Å². The van der Waals surface area contributed by atoms with Crippen molar-refractivity contribution in [1.29, 1.82) is 0 Å². The van der Waals surface area contributed by atoms with E-state index in [1.54, 1.807) is 30.3 Å². The van der Waals surface area contributed by atoms with Crippen LogP contribution in [0, 0.1) is 0 Å². The average Bonchev–Trinajstić information content (AvgIpc) is 3.09. The summed E-state index contributed by atoms with van der Waals surface area (Å²) < 4.78 is 6.65. The Morgan fingerprint density at radius 2 is 1.81 bits per heavy atom. The van der Waals surface area contributed by atoms with Crippen LogP contribution in [0.4, 0.5) is 11.4 Å². The van der Waals surface area contributed by atoms with Gasteiger partial charge < -0.3 is 15.1 Å². The number of rotatable bonds is 7. The molecule has 4 rings (SSSR count). The minimum atomic E-state index is -0.472. The summed E-state index contributed by atoms with van der Waals surface area (Å²) in [4.78, 5) is 24.4. The Morgan fingerprint density at radius 1 is 1.06 bits per heavy atom. The molecule has 1 unspecified atom stereocenters. The fourth-order valence-corrected chi connectivity index (χ4v) is 3.67. The van der Waals surface area contributed by atoms with Gasteiger partial charge in [-0.1, -0.05) is 54.1 Å². The number of anilines is 2. The second kappa shape index (κ2) is 9.10. The number of halogens is 1. The quantitative estimate of drug-likeness (QED) is 0.404. The predicted octanol–water partition coefficient (Wildman–Crippen LogP) is 5.45. The molecular formula is C24H22ClN3O3. The summed E-state index contributed by atoms with van der Waals surface area (Å²) in [6, 6.07) is 22.6. The third kappa shape index (κ3) is 4.81. The highest BCUT2D eigenvalue weighted by atomic mass is 35.5. The van der Waals surface area contributed by atoms with Crippen molar-refractivity contribution >= 4 is 40.0 Å². The summed E-state index contributed by atoms with van der Waals surface area (Å²) in [7, 11) is 0. The van der Waals surface area contributed by atoms with Crippen LogP contribution in [-0.2, 0) is 11.3 Å². The fraction of sp³-hybridized carbons (Fsp3) is 0.167. The van der Waals surface area contributed by atoms with Gasteiger partial charge in [-0.3, -0.25) is 9.36 Å². The Hall–Kier alpha value is -3.51. The van der Waals surface area contributed by atoms with Gasteiger partial charge in [-0.05, 0) is 42.8 Å². The first-order valence-electron chi connectivity index (χ1n) is 10.0. The lowest BCUT2D eigenvalue weighted by molar-refractivity contribution is -0.116. The van der Waals surface area contributed by atoms with Crippen molar-refractivity contribution in [2.45, 2.75) is 25.9 Å². The zero-order chi connectivity index (χ0) is 21.8. The van der Waals surface area contributed by atoms with E-state index in [4.69, 9.17) is 16.0 Å². The molecule has 0 aliphatic heterocycles. The highest BCUT2D eigenvalue weighted by Gasteiger charge is 2.12. The molecule has 0 saturated carbocycles. The molecule has 0 fully saturated rings. The number of fused-ring (bicyclic) bond motifs is 1. The van der Waals surface area contributed by atoms with E-state index in [1.165, 1.54) is 4.57 Å². The molecule has 158 valence electrons. The fourth-order valence-electron chi connectivity index (χ4n) is 3.43. The summed E-state index contributed by atoms with van der Waals surface area (Å²) in [6.45, 7) is 2.28. The van der Waals surface area contributed by atoms with Gasteiger partial charge in [-0.2, -0.15) is 0 Å². The van der Waals surface area contributed by atoms with Crippen molar-refractivity contribution in [1.82, 2.24) is 4.57 Å². The molecule has 1 amide bonds. The molecule has 0 radical (unpaired) electrons. The molecule has 0 saturated heterocycles. The number of nitrogens with one attached hydrogen (secondary N) is 2. The van der Waals surface area contributed by atoms with Gasteiger partial charge in [0.05, 0.1) is 16.2 Å². The van der Waals surface area contributed by atoms with Crippen LogP contribution < -0.4 is 16.4 Å². The molecule has 1 heterocycles. The normalized spacial score (nSPS) is 11.9. The van der Waals surface area contributed by atoms with Crippen LogP contribution in [0.1, 0.15) is 24.9 Å². The van der Waals surface area contributed by atoms with E-state index in [0.717, 1.165) is 11.3 Å². The van der Waals surface area contributed by atoms with E-state index in [2.05, 4.69) is 29.7 Å². The maximum atomic E-state index is 12.4. The summed E-state index contributed by atoms with van der Waals surface area (Å²) in [5.74, 6) is -0.688. The lowest BCUT2D eigenvalue weighted by Gasteiger charge is -2.17. The van der Waals surface area contributed by atoms with Crippen molar-refractivity contribution in [3.63, 3.8) is 0 Å². The van der Waals surface area contributed by atoms with Gasteiger partial charge in [0.15, 0.2) is 5.58 Å². The number of hydrogen-bond donors (Lipinski definition) is 2. The standard InChI is InChI=1S/C24H22ClN3O3/c1-16(17-7-3-2-4-8-17)26-20-12-11-18(15-19(20)25)27-23(29)13-14-28-21-9-5-6-10-22(21)31-24(28)30/h2-12,15-16,26H,13-14H2,1H3,(H,27,29). The van der Waals surface area contributed by atoms with Crippen molar-refractivity contribution in [2.75, 3.05) is 10.6 Å². The van der Waals surface area contributed by atoms with Gasteiger partial charge in [-0.15, -0.1) is 0 Å². The van der Waals surface area contributed by atoms with Gasteiger partial charge in [0.25, 0.3) is 0 Å². The second-order valence-electron chi connectivity index (χ2n) is 7.26. The number of carbonyl (C=O) groups excluding carboxylic acids is 1. The second-order valence-corrected chi connectivity index (χ2v) is 7.66. The molecule has 7 heteroatoms. The van der Waals surface area contributed by atoms with E-state index < -0.39 is 5.76 Å². The van der Waals surface area contributed by atoms with E-state index >= 15 is 0 Å². The van der Waals surface area contributed by atoms with Crippen molar-refractivity contribution in [3.8, 4) is 0 Å². The molecule has 4 aromatic rings. The SMILES string of the molecule is CC(Nc1ccc(NC(=O)CCn2c(=O)oc3ccccc32)cc1Cl)c1ccccc1. The Bertz CT molecular complexity index is 1260. The minimum Gasteiger partial charge on any atom is -0.408 e. The van der Waals surface area contributed by atoms with Crippen molar-refractivity contribution < 1.29 is 9.21 Å². The predicted molar refractivity (Wildman–Crippen MR) is 124 cm³/mol. The number of hydrogen-bond acceptors (Lipinski definition) is 4. The van der Waals surface area contributed by atoms with Crippen molar-refractivity contribution in [3.05, 3.63) is 93.9 Å². The smallest absolute Gasteiger partial charge is 0.408 e. The number of oxazole rings is 1. The van der Waals surface area contributed by atoms with Gasteiger partial charge in [0.1, 0.15) is 0 Å². The van der Waals surface area contributed by atoms with Crippen LogP contribution >= 0.6 is 11.6 Å². The molecule has 2 N–H and O–H groups in total. The number of nitrogens with zero attached hydrogens (tertiary/aromatic N) is 1. The van der Waals surface area contributed by atoms with Crippen LogP contribution in [-0.4, -0.2) is 10.5 Å². The van der Waals surface area contributed by atoms with Crippen molar-refractivity contribution in [2.24, 2.45) is 0 Å². The third-order valence-electron chi connectivity index (χ3n) is 5.06. The van der Waals surface area contributed by atoms with Crippen LogP contribution in [0.3, 0.4) is 0 Å². The van der Waals surface area contributed by atoms with Gasteiger partial charge in [0, 0.05) is 24.7 Å². The monoisotopic (exact) mass is 435 g/mol. The average molecular weight is 436 g/mol. The Morgan fingerprint density at radius 3 is 2.58 bits per heavy atom. The van der Waals surface area contributed by atoms with E-state index in [1.807, 2.05) is 30.3 Å². The Balaban J connectivity index is 1.38. The van der Waals surface area contributed by atoms with E-state index in [0.29, 0.717) is 21.8 Å². The minimum absolute atomic E-state index is 0.0854. The number of aromatic nitrogens is 1. The maximum Gasteiger partial charge on any atom is 0.419 e. The summed E-state index contributed by atoms with van der Waals surface area (Å²) in [6.07, 6.45) is 0.131. The Kier molecular flexibility index (Phi) is 6.09. The van der Waals surface area contributed by atoms with Crippen LogP contribution in [0.2, 0.25) is 5.02 Å². The topological polar surface area (TPSA) is 76.3 Å². The zero-order valence-electron chi connectivity index (χ0n) is 17.0.